The van der Waals surface area contributed by atoms with Gasteiger partial charge in [-0.3, -0.25) is 9.59 Å². The summed E-state index contributed by atoms with van der Waals surface area (Å²) in [6, 6.07) is 21.3. The molecule has 2 N–H and O–H groups in total. The molecule has 0 aliphatic carbocycles. The molecule has 7 heteroatoms. The van der Waals surface area contributed by atoms with Crippen LogP contribution in [-0.4, -0.2) is 45.2 Å². The SMILES string of the molecule is COCCNC(=O)c1cc(NC(=O)c2ccc(F)cc2)ccc1N1CCC(Cc2ccccc2)CC1. The Bertz CT molecular complexity index is 1160. The maximum Gasteiger partial charge on any atom is 0.255 e. The highest BCUT2D eigenvalue weighted by molar-refractivity contribution is 6.06. The number of nitrogens with one attached hydrogen (secondary N) is 2. The number of amides is 2. The number of ether oxygens (including phenoxy) is 1. The number of hydrogen-bond donors (Lipinski definition) is 2. The quantitative estimate of drug-likeness (QED) is 0.419. The predicted molar refractivity (Wildman–Crippen MR) is 140 cm³/mol. The van der Waals surface area contributed by atoms with Crippen LogP contribution in [-0.2, 0) is 11.2 Å². The molecule has 1 heterocycles. The number of rotatable bonds is 9. The molecule has 0 radical (unpaired) electrons. The van der Waals surface area contributed by atoms with E-state index in [-0.39, 0.29) is 11.8 Å². The number of carbonyl (C=O) groups excluding carboxylic acids is 2. The van der Waals surface area contributed by atoms with Crippen molar-refractivity contribution < 1.29 is 18.7 Å². The highest BCUT2D eigenvalue weighted by atomic mass is 19.1. The third-order valence-corrected chi connectivity index (χ3v) is 6.52. The van der Waals surface area contributed by atoms with E-state index in [1.54, 1.807) is 19.2 Å². The highest BCUT2D eigenvalue weighted by Gasteiger charge is 2.24. The number of benzene rings is 3. The first-order chi connectivity index (χ1) is 17.5. The third kappa shape index (κ3) is 6.70. The van der Waals surface area contributed by atoms with E-state index in [1.807, 2.05) is 12.1 Å². The number of anilines is 2. The second-order valence-electron chi connectivity index (χ2n) is 9.06. The first-order valence-corrected chi connectivity index (χ1v) is 12.3. The standard InChI is InChI=1S/C29H32FN3O3/c1-36-18-15-31-29(35)26-20-25(32-28(34)23-7-9-24(30)10-8-23)11-12-27(26)33-16-13-22(14-17-33)19-21-5-3-2-4-6-21/h2-12,20,22H,13-19H2,1H3,(H,31,35)(H,32,34). The zero-order chi connectivity index (χ0) is 25.3. The lowest BCUT2D eigenvalue weighted by atomic mass is 9.89. The van der Waals surface area contributed by atoms with Gasteiger partial charge in [0.15, 0.2) is 0 Å². The Morgan fingerprint density at radius 2 is 1.69 bits per heavy atom. The number of carbonyl (C=O) groups is 2. The van der Waals surface area contributed by atoms with Crippen LogP contribution in [0.25, 0.3) is 0 Å². The Hall–Kier alpha value is -3.71. The van der Waals surface area contributed by atoms with Gasteiger partial charge in [0.1, 0.15) is 5.82 Å². The topological polar surface area (TPSA) is 70.7 Å². The van der Waals surface area contributed by atoms with E-state index in [1.165, 1.54) is 29.8 Å². The Morgan fingerprint density at radius 3 is 2.39 bits per heavy atom. The van der Waals surface area contributed by atoms with Gasteiger partial charge in [0.2, 0.25) is 0 Å². The molecule has 4 rings (SSSR count). The van der Waals surface area contributed by atoms with Gasteiger partial charge in [-0.2, -0.15) is 0 Å². The van der Waals surface area contributed by atoms with Gasteiger partial charge >= 0.3 is 0 Å². The minimum atomic E-state index is -0.404. The smallest absolute Gasteiger partial charge is 0.255 e. The summed E-state index contributed by atoms with van der Waals surface area (Å²) in [5, 5.41) is 5.71. The maximum atomic E-state index is 13.2. The molecule has 188 valence electrons. The zero-order valence-corrected chi connectivity index (χ0v) is 20.5. The van der Waals surface area contributed by atoms with E-state index in [4.69, 9.17) is 4.74 Å². The fourth-order valence-electron chi connectivity index (χ4n) is 4.56. The summed E-state index contributed by atoms with van der Waals surface area (Å²) in [5.41, 5.74) is 3.55. The van der Waals surface area contributed by atoms with E-state index in [9.17, 15) is 14.0 Å². The number of methoxy groups -OCH3 is 1. The molecule has 1 fully saturated rings. The summed E-state index contributed by atoms with van der Waals surface area (Å²) in [6.45, 7) is 2.52. The fourth-order valence-corrected chi connectivity index (χ4v) is 4.56. The van der Waals surface area contributed by atoms with Crippen molar-refractivity contribution in [2.24, 2.45) is 5.92 Å². The summed E-state index contributed by atoms with van der Waals surface area (Å²) in [7, 11) is 1.59. The fraction of sp³-hybridized carbons (Fsp3) is 0.310. The van der Waals surface area contributed by atoms with Crippen molar-refractivity contribution in [1.82, 2.24) is 5.32 Å². The van der Waals surface area contributed by atoms with Gasteiger partial charge in [-0.15, -0.1) is 0 Å². The molecule has 1 aliphatic heterocycles. The van der Waals surface area contributed by atoms with Gasteiger partial charge in [-0.25, -0.2) is 4.39 Å². The molecular weight excluding hydrogens is 457 g/mol. The average Bonchev–Trinajstić information content (AvgIpc) is 2.90. The molecule has 0 unspecified atom stereocenters. The Kier molecular flexibility index (Phi) is 8.68. The number of nitrogens with zero attached hydrogens (tertiary/aromatic N) is 1. The summed E-state index contributed by atoms with van der Waals surface area (Å²) >= 11 is 0. The van der Waals surface area contributed by atoms with Crippen LogP contribution in [0.4, 0.5) is 15.8 Å². The normalized spacial score (nSPS) is 13.9. The number of halogens is 1. The Morgan fingerprint density at radius 1 is 0.972 bits per heavy atom. The molecule has 0 aromatic heterocycles. The summed E-state index contributed by atoms with van der Waals surface area (Å²) < 4.78 is 18.3. The Balaban J connectivity index is 1.48. The van der Waals surface area contributed by atoms with Crippen LogP contribution in [0, 0.1) is 11.7 Å². The zero-order valence-electron chi connectivity index (χ0n) is 20.5. The molecule has 2 amide bonds. The lowest BCUT2D eigenvalue weighted by molar-refractivity contribution is 0.0936. The van der Waals surface area contributed by atoms with Crippen molar-refractivity contribution in [3.63, 3.8) is 0 Å². The van der Waals surface area contributed by atoms with Crippen LogP contribution in [0.1, 0.15) is 39.1 Å². The van der Waals surface area contributed by atoms with Gasteiger partial charge in [-0.1, -0.05) is 30.3 Å². The van der Waals surface area contributed by atoms with E-state index >= 15 is 0 Å². The second kappa shape index (κ2) is 12.3. The molecule has 1 saturated heterocycles. The largest absolute Gasteiger partial charge is 0.383 e. The van der Waals surface area contributed by atoms with E-state index in [0.29, 0.717) is 35.9 Å². The van der Waals surface area contributed by atoms with Gasteiger partial charge in [0.05, 0.1) is 12.2 Å². The van der Waals surface area contributed by atoms with Gasteiger partial charge < -0.3 is 20.3 Å². The lowest BCUT2D eigenvalue weighted by Crippen LogP contribution is -2.36. The second-order valence-corrected chi connectivity index (χ2v) is 9.06. The molecule has 0 bridgehead atoms. The third-order valence-electron chi connectivity index (χ3n) is 6.52. The van der Waals surface area contributed by atoms with Crippen LogP contribution >= 0.6 is 0 Å². The summed E-state index contributed by atoms with van der Waals surface area (Å²) in [6.07, 6.45) is 3.15. The van der Waals surface area contributed by atoms with Crippen LogP contribution < -0.4 is 15.5 Å². The van der Waals surface area contributed by atoms with Crippen molar-refractivity contribution in [1.29, 1.82) is 0 Å². The van der Waals surface area contributed by atoms with Crippen molar-refractivity contribution in [3.8, 4) is 0 Å². The van der Waals surface area contributed by atoms with Crippen molar-refractivity contribution in [2.45, 2.75) is 19.3 Å². The molecule has 3 aromatic rings. The van der Waals surface area contributed by atoms with Crippen molar-refractivity contribution in [2.75, 3.05) is 43.6 Å². The van der Waals surface area contributed by atoms with Crippen LogP contribution in [0.2, 0.25) is 0 Å². The van der Waals surface area contributed by atoms with Gasteiger partial charge in [0.25, 0.3) is 11.8 Å². The maximum absolute atomic E-state index is 13.2. The van der Waals surface area contributed by atoms with E-state index in [0.717, 1.165) is 38.0 Å². The van der Waals surface area contributed by atoms with E-state index < -0.39 is 5.82 Å². The van der Waals surface area contributed by atoms with E-state index in [2.05, 4.69) is 39.8 Å². The molecule has 6 nitrogen and oxygen atoms in total. The molecular formula is C29H32FN3O3. The lowest BCUT2D eigenvalue weighted by Gasteiger charge is -2.35. The first kappa shape index (κ1) is 25.4. The molecule has 3 aromatic carbocycles. The van der Waals surface area contributed by atoms with Crippen molar-refractivity contribution in [3.05, 3.63) is 95.3 Å². The summed E-state index contributed by atoms with van der Waals surface area (Å²) in [5.74, 6) is -0.378. The van der Waals surface area contributed by atoms with Gasteiger partial charge in [0, 0.05) is 43.7 Å². The number of piperidine rings is 1. The van der Waals surface area contributed by atoms with Gasteiger partial charge in [-0.05, 0) is 73.2 Å². The Labute approximate surface area is 211 Å². The van der Waals surface area contributed by atoms with Crippen LogP contribution in [0.15, 0.2) is 72.8 Å². The summed E-state index contributed by atoms with van der Waals surface area (Å²) in [4.78, 5) is 28.0. The monoisotopic (exact) mass is 489 g/mol. The highest BCUT2D eigenvalue weighted by Crippen LogP contribution is 2.30. The van der Waals surface area contributed by atoms with Crippen LogP contribution in [0.5, 0.6) is 0 Å². The molecule has 1 aliphatic rings. The van der Waals surface area contributed by atoms with Crippen molar-refractivity contribution >= 4 is 23.2 Å². The minimum absolute atomic E-state index is 0.216. The predicted octanol–water partition coefficient (Wildman–Crippen LogP) is 4.91. The average molecular weight is 490 g/mol. The molecule has 36 heavy (non-hydrogen) atoms. The molecule has 0 atom stereocenters. The minimum Gasteiger partial charge on any atom is -0.383 e. The van der Waals surface area contributed by atoms with Crippen LogP contribution in [0.3, 0.4) is 0 Å². The molecule has 0 spiro atoms. The number of hydrogen-bond acceptors (Lipinski definition) is 4. The molecule has 0 saturated carbocycles. The first-order valence-electron chi connectivity index (χ1n) is 12.3.